The average Bonchev–Trinajstić information content (AvgIpc) is 3.46. The Hall–Kier alpha value is -4.60. The number of hydrogen-bond donors (Lipinski definition) is 0. The smallest absolute Gasteiger partial charge is 0.246 e. The lowest BCUT2D eigenvalue weighted by Gasteiger charge is -2.43. The first kappa shape index (κ1) is 28.5. The van der Waals surface area contributed by atoms with Crippen LogP contribution in [0, 0.1) is 22.7 Å². The van der Waals surface area contributed by atoms with E-state index in [2.05, 4.69) is 82.9 Å². The minimum atomic E-state index is -0.299. The van der Waals surface area contributed by atoms with Gasteiger partial charge in [-0.1, -0.05) is 43.0 Å². The number of likely N-dealkylation sites (N-methyl/N-ethyl adjacent to an activating group) is 1. The minimum Gasteiger partial charge on any atom is -0.475 e. The molecule has 1 amide bonds. The predicted molar refractivity (Wildman–Crippen MR) is 167 cm³/mol. The molecule has 2 atom stereocenters. The molecular formula is C34H37N7O2. The Morgan fingerprint density at radius 2 is 1.93 bits per heavy atom. The molecular weight excluding hydrogens is 538 g/mol. The van der Waals surface area contributed by atoms with Gasteiger partial charge >= 0.3 is 0 Å². The number of piperazine rings is 1. The van der Waals surface area contributed by atoms with Crippen LogP contribution in [0.5, 0.6) is 5.88 Å². The van der Waals surface area contributed by atoms with Gasteiger partial charge in [0.25, 0.3) is 0 Å². The summed E-state index contributed by atoms with van der Waals surface area (Å²) in [7, 11) is 2.11. The molecule has 0 aliphatic carbocycles. The second-order valence-electron chi connectivity index (χ2n) is 11.6. The summed E-state index contributed by atoms with van der Waals surface area (Å²) in [5.41, 5.74) is 4.41. The maximum atomic E-state index is 12.6. The number of fused-ring (bicyclic) bond motifs is 2. The zero-order valence-corrected chi connectivity index (χ0v) is 24.7. The normalized spacial score (nSPS) is 20.4. The largest absolute Gasteiger partial charge is 0.475 e. The second-order valence-corrected chi connectivity index (χ2v) is 11.6. The predicted octanol–water partition coefficient (Wildman–Crippen LogP) is 4.26. The molecule has 4 heterocycles. The molecule has 0 saturated carbocycles. The third-order valence-electron chi connectivity index (χ3n) is 9.18. The van der Waals surface area contributed by atoms with Crippen LogP contribution >= 0.6 is 0 Å². The number of benzene rings is 2. The van der Waals surface area contributed by atoms with E-state index in [1.54, 1.807) is 4.90 Å². The second kappa shape index (κ2) is 12.3. The molecule has 43 heavy (non-hydrogen) atoms. The molecule has 0 bridgehead atoms. The van der Waals surface area contributed by atoms with Gasteiger partial charge in [-0.25, -0.2) is 4.98 Å². The number of carbonyl (C=O) groups excluding carboxylic acids is 1. The minimum absolute atomic E-state index is 0.174. The number of pyridine rings is 1. The lowest BCUT2D eigenvalue weighted by Crippen LogP contribution is -2.55. The van der Waals surface area contributed by atoms with E-state index in [1.165, 1.54) is 16.8 Å². The van der Waals surface area contributed by atoms with Crippen LogP contribution in [0.4, 0.5) is 11.4 Å². The molecule has 6 rings (SSSR count). The van der Waals surface area contributed by atoms with Crippen molar-refractivity contribution in [2.24, 2.45) is 0 Å². The van der Waals surface area contributed by atoms with Crippen LogP contribution < -0.4 is 14.5 Å². The van der Waals surface area contributed by atoms with E-state index in [-0.39, 0.29) is 24.4 Å². The Balaban J connectivity index is 1.39. The molecule has 3 aromatic rings. The number of aromatic nitrogens is 1. The first-order valence-corrected chi connectivity index (χ1v) is 15.1. The molecule has 0 N–H and O–H groups in total. The first-order chi connectivity index (χ1) is 21.0. The van der Waals surface area contributed by atoms with Gasteiger partial charge in [-0.15, -0.1) is 0 Å². The maximum absolute atomic E-state index is 12.6. The highest BCUT2D eigenvalue weighted by molar-refractivity contribution is 5.94. The fourth-order valence-electron chi connectivity index (χ4n) is 6.89. The number of likely N-dealkylation sites (tertiary alicyclic amines) is 1. The zero-order valence-electron chi connectivity index (χ0n) is 24.7. The fourth-order valence-corrected chi connectivity index (χ4v) is 6.89. The molecule has 0 spiro atoms. The van der Waals surface area contributed by atoms with E-state index < -0.39 is 0 Å². The third kappa shape index (κ3) is 5.49. The van der Waals surface area contributed by atoms with Crippen LogP contribution in [0.1, 0.15) is 36.1 Å². The standard InChI is InChI=1S/C34H37N7O2/c1-3-32(42)41-19-18-40(21-25(41)13-15-35)33-28-14-17-39(31-12-6-9-24-8-4-5-11-27(24)31)22-30(28)37-34(29(33)20-36)43-23-26-10-7-16-38(26)2/h3-6,8-9,11-12,25-26H,1,7,10,13-14,16-19,21-23H2,2H3/t25-,26-/m0/s1. The average molecular weight is 576 g/mol. The number of nitriles is 2. The van der Waals surface area contributed by atoms with Gasteiger partial charge in [-0.2, -0.15) is 10.5 Å². The number of ether oxygens (including phenoxy) is 1. The first-order valence-electron chi connectivity index (χ1n) is 15.1. The summed E-state index contributed by atoms with van der Waals surface area (Å²) in [4.78, 5) is 26.2. The topological polar surface area (TPSA) is 99.7 Å². The van der Waals surface area contributed by atoms with Crippen molar-refractivity contribution in [3.8, 4) is 18.0 Å². The molecule has 9 heteroatoms. The Kier molecular flexibility index (Phi) is 8.18. The number of carbonyl (C=O) groups is 1. The summed E-state index contributed by atoms with van der Waals surface area (Å²) in [5.74, 6) is 0.199. The molecule has 0 radical (unpaired) electrons. The van der Waals surface area contributed by atoms with Crippen LogP contribution in [-0.2, 0) is 17.8 Å². The van der Waals surface area contributed by atoms with Crippen LogP contribution in [0.2, 0.25) is 0 Å². The highest BCUT2D eigenvalue weighted by atomic mass is 16.5. The van der Waals surface area contributed by atoms with Gasteiger partial charge in [0.15, 0.2) is 0 Å². The van der Waals surface area contributed by atoms with Crippen molar-refractivity contribution in [2.75, 3.05) is 56.2 Å². The van der Waals surface area contributed by atoms with Crippen molar-refractivity contribution in [1.29, 1.82) is 10.5 Å². The Bertz CT molecular complexity index is 1620. The van der Waals surface area contributed by atoms with E-state index >= 15 is 0 Å². The van der Waals surface area contributed by atoms with Gasteiger partial charge in [0.1, 0.15) is 18.2 Å². The van der Waals surface area contributed by atoms with E-state index in [9.17, 15) is 15.3 Å². The van der Waals surface area contributed by atoms with Crippen LogP contribution in [0.25, 0.3) is 10.8 Å². The summed E-state index contributed by atoms with van der Waals surface area (Å²) in [6.45, 7) is 7.99. The van der Waals surface area contributed by atoms with Crippen molar-refractivity contribution in [3.05, 3.63) is 71.9 Å². The van der Waals surface area contributed by atoms with Gasteiger partial charge in [0, 0.05) is 48.9 Å². The van der Waals surface area contributed by atoms with E-state index in [1.807, 2.05) is 0 Å². The number of amides is 1. The van der Waals surface area contributed by atoms with Crippen molar-refractivity contribution < 1.29 is 9.53 Å². The SMILES string of the molecule is C=CC(=O)N1CCN(c2c(C#N)c(OC[C@@H]3CCCN3C)nc3c2CCN(c2cccc4ccccc24)C3)C[C@@H]1CC#N. The van der Waals surface area contributed by atoms with Gasteiger partial charge < -0.3 is 24.3 Å². The van der Waals surface area contributed by atoms with Gasteiger partial charge in [-0.05, 0) is 50.4 Å². The molecule has 220 valence electrons. The molecule has 2 fully saturated rings. The summed E-state index contributed by atoms with van der Waals surface area (Å²) < 4.78 is 6.39. The summed E-state index contributed by atoms with van der Waals surface area (Å²) >= 11 is 0. The summed E-state index contributed by atoms with van der Waals surface area (Å²) in [6, 6.07) is 19.5. The highest BCUT2D eigenvalue weighted by Gasteiger charge is 2.35. The van der Waals surface area contributed by atoms with Crippen molar-refractivity contribution in [3.63, 3.8) is 0 Å². The zero-order chi connectivity index (χ0) is 29.9. The molecule has 1 aromatic heterocycles. The van der Waals surface area contributed by atoms with Gasteiger partial charge in [0.2, 0.25) is 11.8 Å². The quantitative estimate of drug-likeness (QED) is 0.386. The summed E-state index contributed by atoms with van der Waals surface area (Å²) in [5, 5.41) is 22.5. The fraction of sp³-hybridized carbons (Fsp3) is 0.412. The van der Waals surface area contributed by atoms with E-state index in [4.69, 9.17) is 9.72 Å². The lowest BCUT2D eigenvalue weighted by atomic mass is 9.96. The molecule has 3 aliphatic heterocycles. The molecule has 3 aliphatic rings. The summed E-state index contributed by atoms with van der Waals surface area (Å²) in [6.07, 6.45) is 4.42. The molecule has 2 saturated heterocycles. The molecule has 2 aromatic carbocycles. The highest BCUT2D eigenvalue weighted by Crippen LogP contribution is 2.39. The van der Waals surface area contributed by atoms with Crippen molar-refractivity contribution >= 4 is 28.1 Å². The number of hydrogen-bond acceptors (Lipinski definition) is 8. The Labute approximate surface area is 253 Å². The number of nitrogens with zero attached hydrogens (tertiary/aromatic N) is 7. The Morgan fingerprint density at radius 3 is 2.70 bits per heavy atom. The number of rotatable bonds is 7. The van der Waals surface area contributed by atoms with Gasteiger partial charge in [-0.3, -0.25) is 4.79 Å². The van der Waals surface area contributed by atoms with Crippen LogP contribution in [0.3, 0.4) is 0 Å². The molecule has 0 unspecified atom stereocenters. The van der Waals surface area contributed by atoms with Crippen LogP contribution in [-0.4, -0.2) is 79.2 Å². The Morgan fingerprint density at radius 1 is 1.09 bits per heavy atom. The van der Waals surface area contributed by atoms with E-state index in [0.29, 0.717) is 44.2 Å². The third-order valence-corrected chi connectivity index (χ3v) is 9.18. The van der Waals surface area contributed by atoms with Crippen molar-refractivity contribution in [1.82, 2.24) is 14.8 Å². The molecule has 9 nitrogen and oxygen atoms in total. The van der Waals surface area contributed by atoms with E-state index in [0.717, 1.165) is 55.0 Å². The van der Waals surface area contributed by atoms with Crippen molar-refractivity contribution in [2.45, 2.75) is 44.3 Å². The number of anilines is 2. The lowest BCUT2D eigenvalue weighted by molar-refractivity contribution is -0.128. The monoisotopic (exact) mass is 575 g/mol. The van der Waals surface area contributed by atoms with Crippen LogP contribution in [0.15, 0.2) is 55.1 Å². The van der Waals surface area contributed by atoms with Gasteiger partial charge in [0.05, 0.1) is 36.5 Å². The maximum Gasteiger partial charge on any atom is 0.246 e.